The Morgan fingerprint density at radius 2 is 2.14 bits per heavy atom. The van der Waals surface area contributed by atoms with Gasteiger partial charge in [-0.05, 0) is 13.0 Å². The first-order valence-electron chi connectivity index (χ1n) is 1.90. The number of hydrogen-bond acceptors (Lipinski definition) is 0. The third kappa shape index (κ3) is 3.16. The molecule has 0 aliphatic rings. The van der Waals surface area contributed by atoms with Crippen LogP contribution < -0.4 is 0 Å². The van der Waals surface area contributed by atoms with E-state index in [2.05, 4.69) is 0 Å². The molecule has 0 aliphatic carbocycles. The molecule has 0 amide bonds. The van der Waals surface area contributed by atoms with Crippen molar-refractivity contribution in [1.82, 2.24) is 0 Å². The zero-order chi connectivity index (χ0) is 5.70. The van der Waals surface area contributed by atoms with E-state index in [1.165, 1.54) is 6.08 Å². The molecule has 0 N–H and O–H groups in total. The normalized spacial score (nSPS) is 13.3. The second kappa shape index (κ2) is 3.53. The zero-order valence-corrected chi connectivity index (χ0v) is 3.99. The number of hydrogen-bond donors (Lipinski definition) is 0. The predicted octanol–water partition coefficient (Wildman–Crippen LogP) is 2.34. The van der Waals surface area contributed by atoms with Gasteiger partial charge in [-0.1, -0.05) is 6.08 Å². The predicted molar refractivity (Wildman–Crippen MR) is 25.1 cm³/mol. The third-order valence-electron chi connectivity index (χ3n) is 0.430. The molecule has 40 valence electrons. The minimum Gasteiger partial charge on any atom is -0.212 e. The number of allylic oxidation sites excluding steroid dienone is 3. The van der Waals surface area contributed by atoms with Gasteiger partial charge in [-0.15, -0.1) is 0 Å². The van der Waals surface area contributed by atoms with E-state index in [4.69, 9.17) is 0 Å². The van der Waals surface area contributed by atoms with Crippen molar-refractivity contribution in [3.8, 4) is 0 Å². The van der Waals surface area contributed by atoms with Crippen molar-refractivity contribution in [3.63, 3.8) is 0 Å². The van der Waals surface area contributed by atoms with Gasteiger partial charge in [0.15, 0.2) is 5.83 Å². The summed E-state index contributed by atoms with van der Waals surface area (Å²) in [4.78, 5) is 0. The lowest BCUT2D eigenvalue weighted by Gasteiger charge is -1.73. The van der Waals surface area contributed by atoms with Gasteiger partial charge in [0.05, 0.1) is 0 Å². The summed E-state index contributed by atoms with van der Waals surface area (Å²) in [5, 5.41) is 0. The topological polar surface area (TPSA) is 0 Å². The number of rotatable bonds is 1. The van der Waals surface area contributed by atoms with Gasteiger partial charge in [-0.25, -0.2) is 8.78 Å². The average Bonchev–Trinajstić information content (AvgIpc) is 1.68. The van der Waals surface area contributed by atoms with Crippen LogP contribution in [-0.4, -0.2) is 0 Å². The lowest BCUT2D eigenvalue weighted by atomic mass is 10.5. The van der Waals surface area contributed by atoms with Gasteiger partial charge >= 0.3 is 0 Å². The third-order valence-corrected chi connectivity index (χ3v) is 0.430. The van der Waals surface area contributed by atoms with Crippen LogP contribution in [0.3, 0.4) is 0 Å². The molecule has 0 unspecified atom stereocenters. The van der Waals surface area contributed by atoms with E-state index in [0.717, 1.165) is 6.08 Å². The first-order chi connectivity index (χ1) is 3.31. The van der Waals surface area contributed by atoms with E-state index in [-0.39, 0.29) is 6.33 Å². The Morgan fingerprint density at radius 1 is 1.57 bits per heavy atom. The molecule has 0 bridgehead atoms. The Morgan fingerprint density at radius 3 is 2.29 bits per heavy atom. The van der Waals surface area contributed by atoms with Crippen LogP contribution >= 0.6 is 0 Å². The van der Waals surface area contributed by atoms with Crippen LogP contribution in [0.15, 0.2) is 24.3 Å². The van der Waals surface area contributed by atoms with Crippen molar-refractivity contribution < 1.29 is 8.78 Å². The summed E-state index contributed by atoms with van der Waals surface area (Å²) in [5.41, 5.74) is 0. The first-order valence-corrected chi connectivity index (χ1v) is 1.90. The van der Waals surface area contributed by atoms with Crippen LogP contribution in [0.2, 0.25) is 0 Å². The van der Waals surface area contributed by atoms with Crippen LogP contribution in [0.25, 0.3) is 0 Å². The summed E-state index contributed by atoms with van der Waals surface area (Å²) in [6.45, 7) is 1.61. The highest BCUT2D eigenvalue weighted by Gasteiger charge is 1.79. The maximum atomic E-state index is 11.5. The molecule has 0 saturated heterocycles. The molecular formula is C5H6F2. The molecule has 0 heterocycles. The molecule has 7 heavy (non-hydrogen) atoms. The maximum absolute atomic E-state index is 11.5. The van der Waals surface area contributed by atoms with Crippen LogP contribution in [0.4, 0.5) is 8.78 Å². The Bertz CT molecular complexity index is 92.3. The summed E-state index contributed by atoms with van der Waals surface area (Å²) >= 11 is 0. The largest absolute Gasteiger partial charge is 0.212 e. The monoisotopic (exact) mass is 104 g/mol. The fourth-order valence-electron chi connectivity index (χ4n) is 0.196. The molecule has 0 spiro atoms. The summed E-state index contributed by atoms with van der Waals surface area (Å²) < 4.78 is 22.5. The van der Waals surface area contributed by atoms with Crippen LogP contribution in [-0.2, 0) is 0 Å². The quantitative estimate of drug-likeness (QED) is 0.448. The Kier molecular flexibility index (Phi) is 3.19. The molecule has 0 aromatic rings. The van der Waals surface area contributed by atoms with E-state index in [9.17, 15) is 8.78 Å². The molecule has 0 fully saturated rings. The fourth-order valence-corrected chi connectivity index (χ4v) is 0.196. The molecule has 0 nitrogen and oxygen atoms in total. The fraction of sp³-hybridized carbons (Fsp3) is 0.200. The lowest BCUT2D eigenvalue weighted by Crippen LogP contribution is -1.55. The van der Waals surface area contributed by atoms with Crippen molar-refractivity contribution in [3.05, 3.63) is 24.3 Å². The minimum atomic E-state index is -0.845. The van der Waals surface area contributed by atoms with Gasteiger partial charge in [0.25, 0.3) is 0 Å². The minimum absolute atomic E-state index is 0.0833. The van der Waals surface area contributed by atoms with Gasteiger partial charge in [0, 0.05) is 0 Å². The van der Waals surface area contributed by atoms with Crippen LogP contribution in [0.5, 0.6) is 0 Å². The van der Waals surface area contributed by atoms with Gasteiger partial charge in [0.1, 0.15) is 6.33 Å². The van der Waals surface area contributed by atoms with E-state index < -0.39 is 5.83 Å². The van der Waals surface area contributed by atoms with Crippen molar-refractivity contribution >= 4 is 0 Å². The van der Waals surface area contributed by atoms with E-state index in [1.54, 1.807) is 6.92 Å². The van der Waals surface area contributed by atoms with Crippen LogP contribution in [0, 0.1) is 0 Å². The highest BCUT2D eigenvalue weighted by molar-refractivity contribution is 5.06. The standard InChI is InChI=1S/C5H6F2/c1-2-3-5(7)4-6/h2-4H,1H3. The molecule has 0 rings (SSSR count). The summed E-state index contributed by atoms with van der Waals surface area (Å²) in [5.74, 6) is -0.845. The molecule has 0 aliphatic heterocycles. The molecule has 0 aromatic carbocycles. The molecule has 0 atom stereocenters. The zero-order valence-electron chi connectivity index (χ0n) is 3.99. The van der Waals surface area contributed by atoms with Crippen molar-refractivity contribution in [2.24, 2.45) is 0 Å². The van der Waals surface area contributed by atoms with Gasteiger partial charge in [-0.2, -0.15) is 0 Å². The van der Waals surface area contributed by atoms with E-state index in [0.29, 0.717) is 0 Å². The van der Waals surface area contributed by atoms with Gasteiger partial charge < -0.3 is 0 Å². The Balaban J connectivity index is 3.58. The van der Waals surface area contributed by atoms with Crippen LogP contribution in [0.1, 0.15) is 6.92 Å². The lowest BCUT2D eigenvalue weighted by molar-refractivity contribution is 0.606. The molecule has 0 saturated carbocycles. The molecule has 0 aromatic heterocycles. The van der Waals surface area contributed by atoms with Gasteiger partial charge in [0.2, 0.25) is 0 Å². The van der Waals surface area contributed by atoms with Gasteiger partial charge in [-0.3, -0.25) is 0 Å². The van der Waals surface area contributed by atoms with E-state index >= 15 is 0 Å². The summed E-state index contributed by atoms with van der Waals surface area (Å²) in [6.07, 6.45) is 2.38. The second-order valence-electron chi connectivity index (χ2n) is 0.994. The molecule has 2 heteroatoms. The Hall–Kier alpha value is -0.660. The smallest absolute Gasteiger partial charge is 0.151 e. The molecular weight excluding hydrogens is 98.1 g/mol. The highest BCUT2D eigenvalue weighted by atomic mass is 19.2. The number of halogens is 2. The summed E-state index contributed by atoms with van der Waals surface area (Å²) in [6, 6.07) is 0. The maximum Gasteiger partial charge on any atom is 0.151 e. The SMILES string of the molecule is CC=CC(F)=CF. The summed E-state index contributed by atoms with van der Waals surface area (Å²) in [7, 11) is 0. The second-order valence-corrected chi connectivity index (χ2v) is 0.994. The average molecular weight is 104 g/mol. The van der Waals surface area contributed by atoms with Crippen molar-refractivity contribution in [1.29, 1.82) is 0 Å². The van der Waals surface area contributed by atoms with Crippen molar-refractivity contribution in [2.75, 3.05) is 0 Å². The van der Waals surface area contributed by atoms with E-state index in [1.807, 2.05) is 0 Å². The highest BCUT2D eigenvalue weighted by Crippen LogP contribution is 1.96. The van der Waals surface area contributed by atoms with Crippen molar-refractivity contribution in [2.45, 2.75) is 6.92 Å². The molecule has 0 radical (unpaired) electrons. The Labute approximate surface area is 41.2 Å². The first kappa shape index (κ1) is 6.34.